The number of nitrogens with two attached hydrogens (primary N) is 1. The van der Waals surface area contributed by atoms with E-state index < -0.39 is 0 Å². The minimum Gasteiger partial charge on any atom is -0.504 e. The van der Waals surface area contributed by atoms with E-state index >= 15 is 0 Å². The fraction of sp³-hybridized carbons (Fsp3) is 0.688. The molecule has 0 unspecified atom stereocenters. The number of rotatable bonds is 20. The Bertz CT molecular complexity index is 898. The van der Waals surface area contributed by atoms with Crippen molar-refractivity contribution in [2.24, 2.45) is 5.73 Å². The first-order valence-corrected chi connectivity index (χ1v) is 15.8. The van der Waals surface area contributed by atoms with Crippen LogP contribution in [0.15, 0.2) is 24.4 Å². The first-order valence-electron chi connectivity index (χ1n) is 15.8. The third kappa shape index (κ3) is 12.9. The van der Waals surface area contributed by atoms with E-state index in [-0.39, 0.29) is 5.75 Å². The predicted molar refractivity (Wildman–Crippen MR) is 170 cm³/mol. The van der Waals surface area contributed by atoms with Crippen LogP contribution in [-0.4, -0.2) is 69.6 Å². The summed E-state index contributed by atoms with van der Waals surface area (Å²) in [5.74, 6) is 2.12. The number of unbranched alkanes of at least 4 members (excludes halogenated alkanes) is 1. The van der Waals surface area contributed by atoms with Crippen LogP contribution in [0.1, 0.15) is 81.9 Å². The van der Waals surface area contributed by atoms with Crippen molar-refractivity contribution in [2.45, 2.75) is 84.6 Å². The summed E-state index contributed by atoms with van der Waals surface area (Å²) >= 11 is 0. The molecule has 0 aliphatic heterocycles. The van der Waals surface area contributed by atoms with Crippen molar-refractivity contribution in [1.82, 2.24) is 20.9 Å². The lowest BCUT2D eigenvalue weighted by atomic mass is 9.95. The van der Waals surface area contributed by atoms with Crippen LogP contribution in [0, 0.1) is 0 Å². The lowest BCUT2D eigenvalue weighted by molar-refractivity contribution is 0.373. The number of aromatic hydroxyl groups is 1. The number of phenols is 1. The lowest BCUT2D eigenvalue weighted by Gasteiger charge is -2.25. The summed E-state index contributed by atoms with van der Waals surface area (Å²) in [6.07, 6.45) is 14.6. The summed E-state index contributed by atoms with van der Waals surface area (Å²) < 4.78 is 5.11. The maximum atomic E-state index is 9.56. The molecule has 1 aliphatic rings. The highest BCUT2D eigenvalue weighted by Crippen LogP contribution is 2.30. The number of methoxy groups -OCH3 is 1. The van der Waals surface area contributed by atoms with E-state index in [2.05, 4.69) is 45.9 Å². The number of aromatic amines is 1. The molecule has 0 saturated heterocycles. The van der Waals surface area contributed by atoms with Gasteiger partial charge in [0.25, 0.3) is 0 Å². The Labute approximate surface area is 243 Å². The topological polar surface area (TPSA) is 111 Å². The van der Waals surface area contributed by atoms with E-state index in [1.807, 2.05) is 12.1 Å². The Morgan fingerprint density at radius 2 is 1.55 bits per heavy atom. The molecule has 1 aromatic heterocycles. The number of nitrogens with one attached hydrogen (secondary N) is 4. The van der Waals surface area contributed by atoms with Crippen LogP contribution in [0.3, 0.4) is 0 Å². The van der Waals surface area contributed by atoms with Gasteiger partial charge in [-0.3, -0.25) is 0 Å². The van der Waals surface area contributed by atoms with Crippen molar-refractivity contribution in [2.75, 3.05) is 64.4 Å². The second kappa shape index (κ2) is 21.5. The summed E-state index contributed by atoms with van der Waals surface area (Å²) in [6, 6.07) is 5.44. The molecule has 1 aliphatic carbocycles. The average molecular weight is 559 g/mol. The zero-order valence-corrected chi connectivity index (χ0v) is 25.6. The van der Waals surface area contributed by atoms with Crippen molar-refractivity contribution >= 4 is 5.82 Å². The van der Waals surface area contributed by atoms with Gasteiger partial charge in [-0.05, 0) is 132 Å². The number of anilines is 1. The Kier molecular flexibility index (Phi) is 18.2. The molecule has 0 amide bonds. The fourth-order valence-electron chi connectivity index (χ4n) is 5.14. The Balaban J connectivity index is 0.000000302. The van der Waals surface area contributed by atoms with Crippen LogP contribution >= 0.6 is 0 Å². The smallest absolute Gasteiger partial charge is 0.160 e. The van der Waals surface area contributed by atoms with Crippen LogP contribution in [0.2, 0.25) is 0 Å². The largest absolute Gasteiger partial charge is 0.504 e. The van der Waals surface area contributed by atoms with Crippen LogP contribution in [0.4, 0.5) is 5.82 Å². The zero-order valence-electron chi connectivity index (χ0n) is 25.6. The Morgan fingerprint density at radius 1 is 0.900 bits per heavy atom. The van der Waals surface area contributed by atoms with Crippen molar-refractivity contribution in [3.63, 3.8) is 0 Å². The maximum absolute atomic E-state index is 9.56. The predicted octanol–water partition coefficient (Wildman–Crippen LogP) is 4.71. The first-order chi connectivity index (χ1) is 19.6. The van der Waals surface area contributed by atoms with Gasteiger partial charge in [-0.1, -0.05) is 19.9 Å². The number of H-pyrrole nitrogens is 1. The number of benzene rings is 1. The Morgan fingerprint density at radius 3 is 2.23 bits per heavy atom. The maximum Gasteiger partial charge on any atom is 0.160 e. The second-order valence-electron chi connectivity index (χ2n) is 10.7. The zero-order chi connectivity index (χ0) is 28.8. The number of aryl methyl sites for hydroxylation is 1. The summed E-state index contributed by atoms with van der Waals surface area (Å²) in [5.41, 5.74) is 9.72. The van der Waals surface area contributed by atoms with Gasteiger partial charge in [-0.25, -0.2) is 0 Å². The molecule has 0 atom stereocenters. The molecule has 1 aromatic carbocycles. The Hall–Kier alpha value is -2.26. The fourth-order valence-corrected chi connectivity index (χ4v) is 5.14. The highest BCUT2D eigenvalue weighted by atomic mass is 16.5. The number of hydrogen-bond acceptors (Lipinski definition) is 7. The van der Waals surface area contributed by atoms with Gasteiger partial charge in [0.2, 0.25) is 0 Å². The van der Waals surface area contributed by atoms with Crippen molar-refractivity contribution in [1.29, 1.82) is 0 Å². The lowest BCUT2D eigenvalue weighted by Crippen LogP contribution is -2.26. The minimum atomic E-state index is 0.181. The molecule has 40 heavy (non-hydrogen) atoms. The van der Waals surface area contributed by atoms with E-state index in [0.717, 1.165) is 64.2 Å². The first kappa shape index (κ1) is 33.9. The molecule has 0 spiro atoms. The number of phenolic OH excluding ortho intramolecular Hbond substituents is 1. The molecule has 3 rings (SSSR count). The van der Waals surface area contributed by atoms with Gasteiger partial charge in [0, 0.05) is 25.8 Å². The summed E-state index contributed by atoms with van der Waals surface area (Å²) in [6.45, 7) is 13.6. The van der Waals surface area contributed by atoms with Gasteiger partial charge in [0.05, 0.1) is 7.11 Å². The normalized spacial score (nSPS) is 12.5. The summed E-state index contributed by atoms with van der Waals surface area (Å²) in [5, 5.41) is 19.8. The van der Waals surface area contributed by atoms with E-state index in [1.165, 1.54) is 70.3 Å². The average Bonchev–Trinajstić information content (AvgIpc) is 3.41. The molecule has 0 saturated carbocycles. The van der Waals surface area contributed by atoms with Crippen molar-refractivity contribution < 1.29 is 9.84 Å². The van der Waals surface area contributed by atoms with Crippen molar-refractivity contribution in [3.8, 4) is 11.5 Å². The van der Waals surface area contributed by atoms with Gasteiger partial charge in [-0.2, -0.15) is 0 Å². The van der Waals surface area contributed by atoms with Crippen LogP contribution < -0.4 is 31.3 Å². The standard InChI is InChI=1S/C18H34N4O2.C14H24N2/c1-24-18-14-16(6-7-17(18)23)15-22-13-5-12-21-10-3-2-9-20-11-4-8-19;1-3-9-16(10-4-2)14-13-8-6-5-7-12(13)11-15-14/h6-7,14,20-23H,2-5,8-13,15,19H2,1H3;11,15H,3-10H2,1-2H3. The van der Waals surface area contributed by atoms with Crippen LogP contribution in [-0.2, 0) is 19.4 Å². The van der Waals surface area contributed by atoms with E-state index in [4.69, 9.17) is 10.5 Å². The van der Waals surface area contributed by atoms with Crippen LogP contribution in [0.25, 0.3) is 0 Å². The van der Waals surface area contributed by atoms with Gasteiger partial charge in [-0.15, -0.1) is 0 Å². The number of ether oxygens (including phenoxy) is 1. The molecular weight excluding hydrogens is 500 g/mol. The molecule has 8 heteroatoms. The van der Waals surface area contributed by atoms with Crippen molar-refractivity contribution in [3.05, 3.63) is 41.1 Å². The van der Waals surface area contributed by atoms with E-state index in [0.29, 0.717) is 5.75 Å². The number of hydrogen-bond donors (Lipinski definition) is 6. The molecular formula is C32H58N6O2. The van der Waals surface area contributed by atoms with Gasteiger partial charge in [0.15, 0.2) is 11.5 Å². The van der Waals surface area contributed by atoms with E-state index in [9.17, 15) is 5.11 Å². The minimum absolute atomic E-state index is 0.181. The number of aromatic nitrogens is 1. The third-order valence-electron chi connectivity index (χ3n) is 7.28. The van der Waals surface area contributed by atoms with Gasteiger partial charge in [0.1, 0.15) is 5.82 Å². The molecule has 1 heterocycles. The molecule has 0 radical (unpaired) electrons. The van der Waals surface area contributed by atoms with Crippen LogP contribution in [0.5, 0.6) is 11.5 Å². The SMILES string of the molecule is CCCN(CCC)c1[nH]cc2c1CCCC2.COc1cc(CNCCCNCCCCNCCCN)ccc1O. The highest BCUT2D eigenvalue weighted by Gasteiger charge is 2.18. The highest BCUT2D eigenvalue weighted by molar-refractivity contribution is 5.53. The molecule has 0 bridgehead atoms. The molecule has 8 nitrogen and oxygen atoms in total. The quantitative estimate of drug-likeness (QED) is 0.131. The summed E-state index contributed by atoms with van der Waals surface area (Å²) in [7, 11) is 1.56. The molecule has 2 aromatic rings. The molecule has 7 N–H and O–H groups in total. The third-order valence-corrected chi connectivity index (χ3v) is 7.28. The number of nitrogens with zero attached hydrogens (tertiary/aromatic N) is 1. The van der Waals surface area contributed by atoms with Gasteiger partial charge >= 0.3 is 0 Å². The van der Waals surface area contributed by atoms with Gasteiger partial charge < -0.3 is 41.4 Å². The second-order valence-corrected chi connectivity index (χ2v) is 10.7. The molecule has 0 fully saturated rings. The number of fused-ring (bicyclic) bond motifs is 1. The summed E-state index contributed by atoms with van der Waals surface area (Å²) in [4.78, 5) is 6.04. The monoisotopic (exact) mass is 558 g/mol. The van der Waals surface area contributed by atoms with E-state index in [1.54, 1.807) is 24.3 Å². The molecule has 228 valence electrons.